The number of carbonyl (C=O) groups excluding carboxylic acids is 2. The Bertz CT molecular complexity index is 1920. The molecule has 0 aliphatic carbocycles. The maximum atomic E-state index is 14.0. The predicted molar refractivity (Wildman–Crippen MR) is 171 cm³/mol. The summed E-state index contributed by atoms with van der Waals surface area (Å²) in [6.07, 6.45) is -4.76. The molecule has 4 rings (SSSR count). The Hall–Kier alpha value is -6.26. The second-order valence-electron chi connectivity index (χ2n) is 10.1. The molecule has 0 aromatic heterocycles. The van der Waals surface area contributed by atoms with E-state index in [2.05, 4.69) is 9.47 Å². The molecular formula is C33H29F4N3O10. The van der Waals surface area contributed by atoms with E-state index in [1.807, 2.05) is 36.9 Å². The summed E-state index contributed by atoms with van der Waals surface area (Å²) in [5, 5.41) is 22.3. The van der Waals surface area contributed by atoms with Crippen molar-refractivity contribution in [3.63, 3.8) is 0 Å². The van der Waals surface area contributed by atoms with Gasteiger partial charge in [0.05, 0.1) is 41.4 Å². The van der Waals surface area contributed by atoms with Crippen LogP contribution in [0, 0.1) is 33.0 Å². The number of carbonyl (C=O) groups is 2. The van der Waals surface area contributed by atoms with Gasteiger partial charge < -0.3 is 23.8 Å². The van der Waals surface area contributed by atoms with Gasteiger partial charge in [0.15, 0.2) is 17.3 Å². The number of anilines is 1. The van der Waals surface area contributed by atoms with Crippen LogP contribution in [-0.2, 0) is 15.7 Å². The van der Waals surface area contributed by atoms with Gasteiger partial charge in [-0.25, -0.2) is 14.0 Å². The lowest BCUT2D eigenvalue weighted by Gasteiger charge is -2.21. The van der Waals surface area contributed by atoms with E-state index in [1.165, 1.54) is 25.3 Å². The minimum Gasteiger partial charge on any atom is -0.465 e. The standard InChI is InChI=1S/C18H20N2O5.C15H9F4NO5/c1-5-19(3)15-11-14(20(22)23)13(18(21)24-4)10-17(15)25-16-9-7-6-8-12(16)2;1-24-14(21)8-6-13(10(16)7-11(8)20(22)23)25-12-5-3-2-4-9(12)15(17,18)19/h6-11H,5H2,1-4H3;2-7H,1H3. The van der Waals surface area contributed by atoms with Crippen LogP contribution in [-0.4, -0.2) is 49.6 Å². The largest absolute Gasteiger partial charge is 0.465 e. The Labute approximate surface area is 281 Å². The number of nitro benzene ring substituents is 2. The predicted octanol–water partition coefficient (Wildman–Crippen LogP) is 8.27. The van der Waals surface area contributed by atoms with E-state index in [4.69, 9.17) is 9.47 Å². The summed E-state index contributed by atoms with van der Waals surface area (Å²) < 4.78 is 72.7. The first kappa shape index (κ1) is 38.2. The minimum atomic E-state index is -4.76. The van der Waals surface area contributed by atoms with Gasteiger partial charge in [0, 0.05) is 31.8 Å². The number of esters is 2. The fourth-order valence-electron chi connectivity index (χ4n) is 4.28. The molecule has 4 aromatic carbocycles. The van der Waals surface area contributed by atoms with Crippen molar-refractivity contribution in [1.82, 2.24) is 0 Å². The summed E-state index contributed by atoms with van der Waals surface area (Å²) in [4.78, 5) is 46.0. The lowest BCUT2D eigenvalue weighted by Crippen LogP contribution is -2.18. The van der Waals surface area contributed by atoms with Crippen molar-refractivity contribution in [1.29, 1.82) is 0 Å². The summed E-state index contributed by atoms with van der Waals surface area (Å²) >= 11 is 0. The van der Waals surface area contributed by atoms with Crippen molar-refractivity contribution >= 4 is 29.0 Å². The van der Waals surface area contributed by atoms with E-state index < -0.39 is 62.1 Å². The molecule has 4 aromatic rings. The third-order valence-electron chi connectivity index (χ3n) is 6.94. The van der Waals surface area contributed by atoms with E-state index in [-0.39, 0.29) is 11.3 Å². The number of para-hydroxylation sites is 2. The summed E-state index contributed by atoms with van der Waals surface area (Å²) in [6.45, 7) is 4.42. The minimum absolute atomic E-state index is 0.149. The zero-order valence-corrected chi connectivity index (χ0v) is 27.1. The molecule has 0 radical (unpaired) electrons. The lowest BCUT2D eigenvalue weighted by atomic mass is 10.1. The van der Waals surface area contributed by atoms with Crippen molar-refractivity contribution in [2.75, 3.05) is 32.7 Å². The number of aryl methyl sites for hydroxylation is 1. The van der Waals surface area contributed by atoms with Gasteiger partial charge in [0.25, 0.3) is 11.4 Å². The van der Waals surface area contributed by atoms with Gasteiger partial charge in [-0.15, -0.1) is 0 Å². The highest BCUT2D eigenvalue weighted by Crippen LogP contribution is 2.40. The van der Waals surface area contributed by atoms with Crippen LogP contribution >= 0.6 is 0 Å². The number of rotatable bonds is 10. The molecule has 50 heavy (non-hydrogen) atoms. The number of halogens is 4. The molecule has 13 nitrogen and oxygen atoms in total. The van der Waals surface area contributed by atoms with Crippen molar-refractivity contribution in [2.45, 2.75) is 20.0 Å². The van der Waals surface area contributed by atoms with Crippen molar-refractivity contribution in [2.24, 2.45) is 0 Å². The molecular weight excluding hydrogens is 674 g/mol. The van der Waals surface area contributed by atoms with Gasteiger partial charge in [0.2, 0.25) is 0 Å². The quantitative estimate of drug-likeness (QED) is 0.0677. The molecule has 17 heteroatoms. The molecule has 0 atom stereocenters. The Kier molecular flexibility index (Phi) is 12.4. The second-order valence-corrected chi connectivity index (χ2v) is 10.1. The van der Waals surface area contributed by atoms with Crippen LogP contribution in [0.2, 0.25) is 0 Å². The van der Waals surface area contributed by atoms with Crippen LogP contribution < -0.4 is 14.4 Å². The van der Waals surface area contributed by atoms with E-state index in [0.29, 0.717) is 35.9 Å². The Morgan fingerprint density at radius 3 is 1.74 bits per heavy atom. The Morgan fingerprint density at radius 1 is 0.760 bits per heavy atom. The number of methoxy groups -OCH3 is 2. The van der Waals surface area contributed by atoms with Gasteiger partial charge in [0.1, 0.15) is 22.6 Å². The highest BCUT2D eigenvalue weighted by atomic mass is 19.4. The fraction of sp³-hybridized carbons (Fsp3) is 0.212. The number of alkyl halides is 3. The first-order valence-electron chi connectivity index (χ1n) is 14.3. The van der Waals surface area contributed by atoms with Gasteiger partial charge in [-0.2, -0.15) is 13.2 Å². The van der Waals surface area contributed by atoms with Crippen LogP contribution in [0.3, 0.4) is 0 Å². The number of nitro groups is 2. The average molecular weight is 704 g/mol. The van der Waals surface area contributed by atoms with Gasteiger partial charge >= 0.3 is 18.1 Å². The topological polar surface area (TPSA) is 161 Å². The van der Waals surface area contributed by atoms with Crippen LogP contribution in [0.5, 0.6) is 23.0 Å². The summed E-state index contributed by atoms with van der Waals surface area (Å²) in [5.74, 6) is -3.81. The fourth-order valence-corrected chi connectivity index (χ4v) is 4.28. The molecule has 0 amide bonds. The van der Waals surface area contributed by atoms with E-state index in [9.17, 15) is 47.4 Å². The normalized spacial score (nSPS) is 10.7. The lowest BCUT2D eigenvalue weighted by molar-refractivity contribution is -0.385. The van der Waals surface area contributed by atoms with Gasteiger partial charge in [-0.3, -0.25) is 20.2 Å². The summed E-state index contributed by atoms with van der Waals surface area (Å²) in [6, 6.07) is 15.1. The third kappa shape index (κ3) is 9.00. The molecule has 0 N–H and O–H groups in total. The van der Waals surface area contributed by atoms with E-state index in [0.717, 1.165) is 30.9 Å². The smallest absolute Gasteiger partial charge is 0.419 e. The molecule has 0 aliphatic heterocycles. The SMILES string of the molecule is CCN(C)c1cc([N+](=O)[O-])c(C(=O)OC)cc1Oc1ccccc1C.COC(=O)c1cc(Oc2ccccc2C(F)(F)F)c(F)cc1[N+](=O)[O-]. The Balaban J connectivity index is 0.000000270. The molecule has 0 aliphatic rings. The van der Waals surface area contributed by atoms with Crippen LogP contribution in [0.4, 0.5) is 34.6 Å². The highest BCUT2D eigenvalue weighted by molar-refractivity contribution is 5.96. The molecule has 0 saturated heterocycles. The zero-order valence-electron chi connectivity index (χ0n) is 27.1. The first-order valence-corrected chi connectivity index (χ1v) is 14.3. The maximum Gasteiger partial charge on any atom is 0.419 e. The molecule has 264 valence electrons. The van der Waals surface area contributed by atoms with E-state index in [1.54, 1.807) is 13.1 Å². The van der Waals surface area contributed by atoms with Gasteiger partial charge in [-0.05, 0) is 37.6 Å². The molecule has 0 heterocycles. The first-order chi connectivity index (χ1) is 23.5. The number of benzene rings is 4. The molecule has 0 unspecified atom stereocenters. The van der Waals surface area contributed by atoms with Crippen LogP contribution in [0.15, 0.2) is 72.8 Å². The number of ether oxygens (including phenoxy) is 4. The van der Waals surface area contributed by atoms with Crippen LogP contribution in [0.25, 0.3) is 0 Å². The molecule has 0 bridgehead atoms. The second kappa shape index (κ2) is 16.2. The summed E-state index contributed by atoms with van der Waals surface area (Å²) in [7, 11) is 3.91. The number of nitrogens with zero attached hydrogens (tertiary/aromatic N) is 3. The van der Waals surface area contributed by atoms with Crippen molar-refractivity contribution in [3.05, 3.63) is 121 Å². The summed E-state index contributed by atoms with van der Waals surface area (Å²) in [5.41, 5.74) is -1.78. The zero-order chi connectivity index (χ0) is 37.3. The molecule has 0 saturated carbocycles. The Morgan fingerprint density at radius 2 is 1.24 bits per heavy atom. The van der Waals surface area contributed by atoms with Gasteiger partial charge in [-0.1, -0.05) is 30.3 Å². The molecule has 0 spiro atoms. The van der Waals surface area contributed by atoms with Crippen molar-refractivity contribution < 1.29 is 55.9 Å². The maximum absolute atomic E-state index is 14.0. The monoisotopic (exact) mass is 703 g/mol. The number of hydrogen-bond acceptors (Lipinski definition) is 11. The van der Waals surface area contributed by atoms with E-state index >= 15 is 0 Å². The van der Waals surface area contributed by atoms with Crippen molar-refractivity contribution in [3.8, 4) is 23.0 Å². The average Bonchev–Trinajstić information content (AvgIpc) is 3.08. The van der Waals surface area contributed by atoms with Crippen LogP contribution in [0.1, 0.15) is 38.8 Å². The highest BCUT2D eigenvalue weighted by Gasteiger charge is 2.35. The third-order valence-corrected chi connectivity index (χ3v) is 6.94. The molecule has 0 fully saturated rings. The number of hydrogen-bond donors (Lipinski definition) is 0.